The van der Waals surface area contributed by atoms with Crippen LogP contribution in [0.1, 0.15) is 329 Å². The normalized spacial score (nSPS) is 12.4. The van der Waals surface area contributed by atoms with Crippen molar-refractivity contribution >= 4 is 17.9 Å². The number of allylic oxidation sites excluding steroid dienone is 10. The van der Waals surface area contributed by atoms with Crippen LogP contribution in [0.25, 0.3) is 0 Å². The van der Waals surface area contributed by atoms with E-state index in [4.69, 9.17) is 14.2 Å². The first kappa shape index (κ1) is 70.1. The van der Waals surface area contributed by atoms with Gasteiger partial charge in [-0.1, -0.05) is 306 Å². The molecule has 0 aliphatic carbocycles. The number of hydrogen-bond acceptors (Lipinski definition) is 6. The molecular weight excluding hydrogens is 901 g/mol. The van der Waals surface area contributed by atoms with Crippen LogP contribution in [0.15, 0.2) is 60.8 Å². The zero-order chi connectivity index (χ0) is 52.9. The second-order valence-electron chi connectivity index (χ2n) is 21.3. The summed E-state index contributed by atoms with van der Waals surface area (Å²) in [5.74, 6) is -0.852. The van der Waals surface area contributed by atoms with Crippen LogP contribution in [0.3, 0.4) is 0 Å². The highest BCUT2D eigenvalue weighted by Gasteiger charge is 2.19. The van der Waals surface area contributed by atoms with E-state index < -0.39 is 6.10 Å². The molecule has 73 heavy (non-hydrogen) atoms. The van der Waals surface area contributed by atoms with E-state index in [0.717, 1.165) is 89.9 Å². The zero-order valence-electron chi connectivity index (χ0n) is 48.7. The van der Waals surface area contributed by atoms with Crippen molar-refractivity contribution < 1.29 is 28.6 Å². The summed E-state index contributed by atoms with van der Waals surface area (Å²) in [6.07, 6.45) is 78.2. The SMILES string of the molecule is CC/C=C\C/C=C\C/C=C\C/C=C\C/C=C\CCCCCCCCCCCCCCCCCC(=O)OCC(COC(=O)CCCCCCCCCCC)OC(=O)CCCCCCCCCCCCCCCCC. The summed E-state index contributed by atoms with van der Waals surface area (Å²) >= 11 is 0. The first-order valence-corrected chi connectivity index (χ1v) is 31.8. The molecule has 1 unspecified atom stereocenters. The lowest BCUT2D eigenvalue weighted by atomic mass is 10.0. The van der Waals surface area contributed by atoms with Crippen LogP contribution in [0.2, 0.25) is 0 Å². The van der Waals surface area contributed by atoms with Crippen LogP contribution >= 0.6 is 0 Å². The highest BCUT2D eigenvalue weighted by atomic mass is 16.6. The topological polar surface area (TPSA) is 78.9 Å². The van der Waals surface area contributed by atoms with Gasteiger partial charge < -0.3 is 14.2 Å². The van der Waals surface area contributed by atoms with Crippen LogP contribution in [0.5, 0.6) is 0 Å². The minimum atomic E-state index is -0.768. The van der Waals surface area contributed by atoms with E-state index in [1.165, 1.54) is 199 Å². The fourth-order valence-electron chi connectivity index (χ4n) is 9.30. The van der Waals surface area contributed by atoms with Crippen LogP contribution in [0.4, 0.5) is 0 Å². The summed E-state index contributed by atoms with van der Waals surface area (Å²) in [5, 5.41) is 0. The molecule has 0 bridgehead atoms. The molecule has 0 heterocycles. The Kier molecular flexibility index (Phi) is 59.2. The molecular formula is C67H120O6. The van der Waals surface area contributed by atoms with Crippen LogP contribution in [0, 0.1) is 0 Å². The van der Waals surface area contributed by atoms with Gasteiger partial charge in [0.2, 0.25) is 0 Å². The molecule has 0 aromatic carbocycles. The number of unbranched alkanes of at least 4 members (excludes halogenated alkanes) is 37. The molecule has 0 aliphatic rings. The average molecular weight is 1020 g/mol. The molecule has 0 aromatic heterocycles. The standard InChI is InChI=1S/C67H120O6/c1-4-7-10-13-16-19-21-23-25-26-27-28-29-30-31-32-33-34-35-36-37-38-39-40-42-43-45-48-51-54-57-60-66(69)72-63-64(62-71-65(68)59-56-53-50-47-18-15-12-9-6-3)73-67(70)61-58-55-52-49-46-44-41-24-22-20-17-14-11-8-5-2/h7,10,16,19,23,25,27-28,30-31,64H,4-6,8-9,11-15,17-18,20-22,24,26,29,32-63H2,1-3H3/b10-7-,19-16-,25-23-,28-27-,31-30-. The minimum absolute atomic E-state index is 0.0678. The number of rotatable bonds is 58. The third-order valence-electron chi connectivity index (χ3n) is 14.0. The average Bonchev–Trinajstić information content (AvgIpc) is 3.39. The molecule has 0 rings (SSSR count). The van der Waals surface area contributed by atoms with Gasteiger partial charge >= 0.3 is 17.9 Å². The fourth-order valence-corrected chi connectivity index (χ4v) is 9.30. The second kappa shape index (κ2) is 61.7. The van der Waals surface area contributed by atoms with Gasteiger partial charge in [-0.3, -0.25) is 14.4 Å². The fraction of sp³-hybridized carbons (Fsp3) is 0.806. The van der Waals surface area contributed by atoms with Crippen molar-refractivity contribution in [2.45, 2.75) is 335 Å². The predicted octanol–water partition coefficient (Wildman–Crippen LogP) is 21.6. The Bertz CT molecular complexity index is 1310. The minimum Gasteiger partial charge on any atom is -0.462 e. The molecule has 424 valence electrons. The first-order chi connectivity index (χ1) is 36.0. The predicted molar refractivity (Wildman–Crippen MR) is 316 cm³/mol. The van der Waals surface area contributed by atoms with Gasteiger partial charge in [-0.15, -0.1) is 0 Å². The molecule has 0 fully saturated rings. The summed E-state index contributed by atoms with van der Waals surface area (Å²) in [6.45, 7) is 6.55. The van der Waals surface area contributed by atoms with E-state index in [2.05, 4.69) is 81.5 Å². The van der Waals surface area contributed by atoms with Gasteiger partial charge in [0.1, 0.15) is 13.2 Å². The quantitative estimate of drug-likeness (QED) is 0.0261. The Morgan fingerprint density at radius 3 is 0.836 bits per heavy atom. The van der Waals surface area contributed by atoms with E-state index in [9.17, 15) is 14.4 Å². The van der Waals surface area contributed by atoms with Crippen molar-refractivity contribution in [3.63, 3.8) is 0 Å². The Hall–Kier alpha value is -2.89. The third-order valence-corrected chi connectivity index (χ3v) is 14.0. The highest BCUT2D eigenvalue weighted by Crippen LogP contribution is 2.17. The number of carbonyl (C=O) groups is 3. The maximum absolute atomic E-state index is 12.8. The summed E-state index contributed by atoms with van der Waals surface area (Å²) in [4.78, 5) is 38.1. The van der Waals surface area contributed by atoms with E-state index in [1.54, 1.807) is 0 Å². The molecule has 0 aromatic rings. The molecule has 0 amide bonds. The van der Waals surface area contributed by atoms with Crippen molar-refractivity contribution in [3.8, 4) is 0 Å². The van der Waals surface area contributed by atoms with Gasteiger partial charge in [-0.2, -0.15) is 0 Å². The van der Waals surface area contributed by atoms with Crippen molar-refractivity contribution in [1.29, 1.82) is 0 Å². The van der Waals surface area contributed by atoms with E-state index in [-0.39, 0.29) is 31.1 Å². The van der Waals surface area contributed by atoms with Gasteiger partial charge in [0.05, 0.1) is 0 Å². The lowest BCUT2D eigenvalue weighted by molar-refractivity contribution is -0.167. The van der Waals surface area contributed by atoms with Crippen LogP contribution < -0.4 is 0 Å². The smallest absolute Gasteiger partial charge is 0.306 e. The Balaban J connectivity index is 4.08. The largest absolute Gasteiger partial charge is 0.462 e. The number of hydrogen-bond donors (Lipinski definition) is 0. The van der Waals surface area contributed by atoms with Crippen molar-refractivity contribution in [2.24, 2.45) is 0 Å². The van der Waals surface area contributed by atoms with Gasteiger partial charge in [0.15, 0.2) is 6.10 Å². The molecule has 0 saturated carbocycles. The lowest BCUT2D eigenvalue weighted by Crippen LogP contribution is -2.30. The maximum atomic E-state index is 12.8. The molecule has 0 spiro atoms. The van der Waals surface area contributed by atoms with Crippen molar-refractivity contribution in [1.82, 2.24) is 0 Å². The molecule has 0 aliphatic heterocycles. The maximum Gasteiger partial charge on any atom is 0.306 e. The van der Waals surface area contributed by atoms with E-state index in [1.807, 2.05) is 0 Å². The third kappa shape index (κ3) is 59.9. The second-order valence-corrected chi connectivity index (χ2v) is 21.3. The molecule has 1 atom stereocenters. The number of ether oxygens (including phenoxy) is 3. The summed E-state index contributed by atoms with van der Waals surface area (Å²) < 4.78 is 16.9. The Morgan fingerprint density at radius 2 is 0.534 bits per heavy atom. The highest BCUT2D eigenvalue weighted by molar-refractivity contribution is 5.71. The van der Waals surface area contributed by atoms with Gasteiger partial charge in [0.25, 0.3) is 0 Å². The molecule has 6 nitrogen and oxygen atoms in total. The molecule has 0 saturated heterocycles. The molecule has 0 radical (unpaired) electrons. The first-order valence-electron chi connectivity index (χ1n) is 31.8. The molecule has 0 N–H and O–H groups in total. The number of carbonyl (C=O) groups excluding carboxylic acids is 3. The van der Waals surface area contributed by atoms with Gasteiger partial charge in [-0.25, -0.2) is 0 Å². The number of esters is 3. The van der Waals surface area contributed by atoms with Gasteiger partial charge in [0, 0.05) is 19.3 Å². The summed E-state index contributed by atoms with van der Waals surface area (Å²) in [5.41, 5.74) is 0. The Labute approximate surface area is 453 Å². The molecule has 6 heteroatoms. The Morgan fingerprint density at radius 1 is 0.288 bits per heavy atom. The lowest BCUT2D eigenvalue weighted by Gasteiger charge is -2.18. The summed E-state index contributed by atoms with van der Waals surface area (Å²) in [6, 6.07) is 0. The summed E-state index contributed by atoms with van der Waals surface area (Å²) in [7, 11) is 0. The van der Waals surface area contributed by atoms with E-state index >= 15 is 0 Å². The van der Waals surface area contributed by atoms with Crippen LogP contribution in [-0.4, -0.2) is 37.2 Å². The van der Waals surface area contributed by atoms with Crippen LogP contribution in [-0.2, 0) is 28.6 Å². The van der Waals surface area contributed by atoms with Gasteiger partial charge in [-0.05, 0) is 64.2 Å². The monoisotopic (exact) mass is 1020 g/mol. The van der Waals surface area contributed by atoms with E-state index in [0.29, 0.717) is 19.3 Å². The van der Waals surface area contributed by atoms with Crippen molar-refractivity contribution in [3.05, 3.63) is 60.8 Å². The van der Waals surface area contributed by atoms with Crippen molar-refractivity contribution in [2.75, 3.05) is 13.2 Å². The zero-order valence-corrected chi connectivity index (χ0v) is 48.7.